The van der Waals surface area contributed by atoms with Crippen LogP contribution in [0.25, 0.3) is 0 Å². The molecular weight excluding hydrogens is 328 g/mol. The van der Waals surface area contributed by atoms with Gasteiger partial charge in [0.1, 0.15) is 11.8 Å². The topological polar surface area (TPSA) is 58.6 Å². The first-order chi connectivity index (χ1) is 12.5. The number of anilines is 1. The lowest BCUT2D eigenvalue weighted by Crippen LogP contribution is -2.47. The van der Waals surface area contributed by atoms with Gasteiger partial charge in [0.25, 0.3) is 0 Å². The summed E-state index contributed by atoms with van der Waals surface area (Å²) in [6.45, 7) is 5.87. The maximum atomic E-state index is 12.7. The molecule has 0 radical (unpaired) electrons. The van der Waals surface area contributed by atoms with Crippen LogP contribution in [-0.2, 0) is 22.6 Å². The summed E-state index contributed by atoms with van der Waals surface area (Å²) in [5.41, 5.74) is 2.84. The van der Waals surface area contributed by atoms with Crippen LogP contribution in [0.1, 0.15) is 31.9 Å². The van der Waals surface area contributed by atoms with Crippen LogP contribution in [0.15, 0.2) is 48.5 Å². The summed E-state index contributed by atoms with van der Waals surface area (Å²) in [5.74, 6) is 0.549. The highest BCUT2D eigenvalue weighted by molar-refractivity contribution is 6.02. The predicted molar refractivity (Wildman–Crippen MR) is 101 cm³/mol. The summed E-state index contributed by atoms with van der Waals surface area (Å²) in [6, 6.07) is 14.8. The monoisotopic (exact) mass is 352 g/mol. The molecule has 1 heterocycles. The normalized spacial score (nSPS) is 15.7. The zero-order chi connectivity index (χ0) is 18.7. The lowest BCUT2D eigenvalue weighted by atomic mass is 10.1. The Kier molecular flexibility index (Phi) is 5.26. The van der Waals surface area contributed by atoms with Gasteiger partial charge in [-0.15, -0.1) is 0 Å². The molecule has 1 aliphatic heterocycles. The Balaban J connectivity index is 1.64. The molecule has 1 atom stereocenters. The molecule has 0 aromatic heterocycles. The van der Waals surface area contributed by atoms with Gasteiger partial charge >= 0.3 is 0 Å². The number of carbonyl (C=O) groups excluding carboxylic acids is 2. The number of amides is 2. The Labute approximate surface area is 154 Å². The van der Waals surface area contributed by atoms with Gasteiger partial charge in [-0.1, -0.05) is 30.3 Å². The Hall–Kier alpha value is -2.82. The quantitative estimate of drug-likeness (QED) is 0.900. The van der Waals surface area contributed by atoms with Crippen LogP contribution >= 0.6 is 0 Å². The lowest BCUT2D eigenvalue weighted by Gasteiger charge is -2.23. The molecule has 26 heavy (non-hydrogen) atoms. The first kappa shape index (κ1) is 18.0. The smallest absolute Gasteiger partial charge is 0.243 e. The summed E-state index contributed by atoms with van der Waals surface area (Å²) in [5, 5.41) is 2.95. The van der Waals surface area contributed by atoms with Gasteiger partial charge in [0.2, 0.25) is 11.8 Å². The van der Waals surface area contributed by atoms with E-state index in [2.05, 4.69) is 5.32 Å². The van der Waals surface area contributed by atoms with E-state index in [1.54, 1.807) is 4.90 Å². The van der Waals surface area contributed by atoms with E-state index < -0.39 is 6.04 Å². The second-order valence-corrected chi connectivity index (χ2v) is 6.77. The van der Waals surface area contributed by atoms with E-state index in [9.17, 15) is 9.59 Å². The molecule has 3 rings (SSSR count). The average Bonchev–Trinajstić information content (AvgIpc) is 3.00. The van der Waals surface area contributed by atoms with Gasteiger partial charge < -0.3 is 10.1 Å². The van der Waals surface area contributed by atoms with Crippen molar-refractivity contribution in [1.29, 1.82) is 0 Å². The fraction of sp³-hybridized carbons (Fsp3) is 0.333. The number of nitrogens with one attached hydrogen (secondary N) is 1. The minimum atomic E-state index is -0.492. The molecule has 5 nitrogen and oxygen atoms in total. The van der Waals surface area contributed by atoms with Crippen molar-refractivity contribution < 1.29 is 14.3 Å². The van der Waals surface area contributed by atoms with Crippen LogP contribution in [0.2, 0.25) is 0 Å². The second kappa shape index (κ2) is 7.60. The highest BCUT2D eigenvalue weighted by atomic mass is 16.5. The van der Waals surface area contributed by atoms with Gasteiger partial charge in [0.05, 0.1) is 6.10 Å². The van der Waals surface area contributed by atoms with Gasteiger partial charge in [0, 0.05) is 25.6 Å². The first-order valence-corrected chi connectivity index (χ1v) is 8.86. The largest absolute Gasteiger partial charge is 0.491 e. The standard InChI is InChI=1S/C21H24N2O3/c1-14(2)26-18-10-8-16(9-11-18)13-22-21(25)20-12-17-6-4-5-7-19(17)23(20)15(3)24/h4-11,14,20H,12-13H2,1-3H3,(H,22,25)/t20-/m0/s1. The minimum absolute atomic E-state index is 0.120. The number of hydrogen-bond acceptors (Lipinski definition) is 3. The van der Waals surface area contributed by atoms with Crippen molar-refractivity contribution in [1.82, 2.24) is 5.32 Å². The van der Waals surface area contributed by atoms with Crippen LogP contribution in [0.5, 0.6) is 5.75 Å². The number of carbonyl (C=O) groups is 2. The minimum Gasteiger partial charge on any atom is -0.491 e. The Morgan fingerprint density at radius 2 is 1.85 bits per heavy atom. The Morgan fingerprint density at radius 1 is 1.15 bits per heavy atom. The molecule has 136 valence electrons. The van der Waals surface area contributed by atoms with E-state index in [0.717, 1.165) is 22.6 Å². The third-order valence-electron chi connectivity index (χ3n) is 4.38. The molecule has 2 amide bonds. The van der Waals surface area contributed by atoms with E-state index in [1.165, 1.54) is 6.92 Å². The third-order valence-corrected chi connectivity index (χ3v) is 4.38. The van der Waals surface area contributed by atoms with Gasteiger partial charge in [-0.25, -0.2) is 0 Å². The molecule has 1 N–H and O–H groups in total. The van der Waals surface area contributed by atoms with Gasteiger partial charge in [-0.3, -0.25) is 14.5 Å². The lowest BCUT2D eigenvalue weighted by molar-refractivity contribution is -0.125. The molecule has 1 aliphatic rings. The zero-order valence-corrected chi connectivity index (χ0v) is 15.4. The number of fused-ring (bicyclic) bond motifs is 1. The first-order valence-electron chi connectivity index (χ1n) is 8.86. The molecule has 0 fully saturated rings. The van der Waals surface area contributed by atoms with Crippen LogP contribution < -0.4 is 15.0 Å². The van der Waals surface area contributed by atoms with Crippen molar-refractivity contribution >= 4 is 17.5 Å². The maximum absolute atomic E-state index is 12.7. The zero-order valence-electron chi connectivity index (χ0n) is 15.4. The van der Waals surface area contributed by atoms with Crippen molar-refractivity contribution in [2.24, 2.45) is 0 Å². The van der Waals surface area contributed by atoms with E-state index in [0.29, 0.717) is 13.0 Å². The molecule has 5 heteroatoms. The third kappa shape index (κ3) is 3.87. The number of para-hydroxylation sites is 1. The number of ether oxygens (including phenoxy) is 1. The molecular formula is C21H24N2O3. The molecule has 0 spiro atoms. The van der Waals surface area contributed by atoms with E-state index in [-0.39, 0.29) is 17.9 Å². The van der Waals surface area contributed by atoms with Crippen molar-refractivity contribution in [2.45, 2.75) is 45.9 Å². The second-order valence-electron chi connectivity index (χ2n) is 6.77. The molecule has 2 aromatic rings. The molecule has 0 saturated heterocycles. The molecule has 0 aliphatic carbocycles. The summed E-state index contributed by atoms with van der Waals surface area (Å²) >= 11 is 0. The average molecular weight is 352 g/mol. The van der Waals surface area contributed by atoms with Gasteiger partial charge in [0.15, 0.2) is 0 Å². The van der Waals surface area contributed by atoms with E-state index in [4.69, 9.17) is 4.74 Å². The number of benzene rings is 2. The summed E-state index contributed by atoms with van der Waals surface area (Å²) in [7, 11) is 0. The fourth-order valence-electron chi connectivity index (χ4n) is 3.25. The van der Waals surface area contributed by atoms with E-state index >= 15 is 0 Å². The summed E-state index contributed by atoms with van der Waals surface area (Å²) in [6.07, 6.45) is 0.671. The van der Waals surface area contributed by atoms with Gasteiger partial charge in [-0.05, 0) is 43.2 Å². The number of nitrogens with zero attached hydrogens (tertiary/aromatic N) is 1. The highest BCUT2D eigenvalue weighted by Gasteiger charge is 2.36. The maximum Gasteiger partial charge on any atom is 0.243 e. The fourth-order valence-corrected chi connectivity index (χ4v) is 3.25. The SMILES string of the molecule is CC(=O)N1c2ccccc2C[C@H]1C(=O)NCc1ccc(OC(C)C)cc1. The van der Waals surface area contributed by atoms with Crippen molar-refractivity contribution in [2.75, 3.05) is 4.90 Å². The van der Waals surface area contributed by atoms with Crippen LogP contribution in [-0.4, -0.2) is 24.0 Å². The van der Waals surface area contributed by atoms with Crippen molar-refractivity contribution in [3.63, 3.8) is 0 Å². The van der Waals surface area contributed by atoms with E-state index in [1.807, 2.05) is 62.4 Å². The van der Waals surface area contributed by atoms with Crippen LogP contribution in [0, 0.1) is 0 Å². The molecule has 0 bridgehead atoms. The molecule has 2 aromatic carbocycles. The molecule has 0 saturated carbocycles. The summed E-state index contributed by atoms with van der Waals surface area (Å²) in [4.78, 5) is 26.3. The highest BCUT2D eigenvalue weighted by Crippen LogP contribution is 2.32. The van der Waals surface area contributed by atoms with Crippen LogP contribution in [0.3, 0.4) is 0 Å². The Bertz CT molecular complexity index is 799. The number of rotatable bonds is 5. The summed E-state index contributed by atoms with van der Waals surface area (Å²) < 4.78 is 5.62. The number of hydrogen-bond donors (Lipinski definition) is 1. The van der Waals surface area contributed by atoms with Gasteiger partial charge in [-0.2, -0.15) is 0 Å². The Morgan fingerprint density at radius 3 is 2.50 bits per heavy atom. The van der Waals surface area contributed by atoms with Crippen molar-refractivity contribution in [3.05, 3.63) is 59.7 Å². The molecule has 0 unspecified atom stereocenters. The predicted octanol–water partition coefficient (Wildman–Crippen LogP) is 3.07. The van der Waals surface area contributed by atoms with Crippen molar-refractivity contribution in [3.8, 4) is 5.75 Å². The van der Waals surface area contributed by atoms with Crippen LogP contribution in [0.4, 0.5) is 5.69 Å².